The van der Waals surface area contributed by atoms with Crippen molar-refractivity contribution in [2.45, 2.75) is 154 Å². The Morgan fingerprint density at radius 3 is 1.22 bits per heavy atom. The Kier molecular flexibility index (Phi) is 39.2. The first-order valence-electron chi connectivity index (χ1n) is 27.9. The fourth-order valence-electron chi connectivity index (χ4n) is 8.33. The summed E-state index contributed by atoms with van der Waals surface area (Å²) in [5.74, 6) is -2.71. The zero-order chi connectivity index (χ0) is 52.1. The van der Waals surface area contributed by atoms with E-state index in [2.05, 4.69) is 17.6 Å². The van der Waals surface area contributed by atoms with Crippen molar-refractivity contribution in [3.05, 3.63) is 29.3 Å². The summed E-state index contributed by atoms with van der Waals surface area (Å²) in [5.41, 5.74) is 0.388. The fraction of sp³-hybridized carbons (Fsp3) is 0.800. The number of anilines is 1. The van der Waals surface area contributed by atoms with E-state index in [1.54, 1.807) is 12.1 Å². The third-order valence-corrected chi connectivity index (χ3v) is 12.4. The molecule has 3 rings (SSSR count). The van der Waals surface area contributed by atoms with Crippen LogP contribution in [0, 0.1) is 0 Å². The van der Waals surface area contributed by atoms with Crippen molar-refractivity contribution in [2.24, 2.45) is 0 Å². The Balaban J connectivity index is 0.933. The van der Waals surface area contributed by atoms with Crippen LogP contribution in [0.15, 0.2) is 18.2 Å². The number of benzene rings is 1. The summed E-state index contributed by atoms with van der Waals surface area (Å²) in [6.07, 6.45) is 24.5. The molecule has 0 saturated carbocycles. The summed E-state index contributed by atoms with van der Waals surface area (Å²) in [4.78, 5) is 63.7. The molecule has 0 radical (unpaired) electrons. The summed E-state index contributed by atoms with van der Waals surface area (Å²) < 4.78 is 55.7. The van der Waals surface area contributed by atoms with Crippen LogP contribution in [-0.4, -0.2) is 173 Å². The molecule has 0 aromatic heterocycles. The van der Waals surface area contributed by atoms with Crippen LogP contribution < -0.4 is 10.6 Å². The van der Waals surface area contributed by atoms with E-state index in [1.807, 2.05) is 0 Å². The molecule has 73 heavy (non-hydrogen) atoms. The van der Waals surface area contributed by atoms with Gasteiger partial charge in [-0.15, -0.1) is 0 Å². The van der Waals surface area contributed by atoms with Crippen LogP contribution >= 0.6 is 0 Å². The number of amides is 5. The zero-order valence-electron chi connectivity index (χ0n) is 44.6. The zero-order valence-corrected chi connectivity index (χ0v) is 44.6. The number of fused-ring (bicyclic) bond motifs is 1. The molecule has 0 spiro atoms. The second kappa shape index (κ2) is 44.8. The van der Waals surface area contributed by atoms with Gasteiger partial charge in [0, 0.05) is 26.1 Å². The average Bonchev–Trinajstić information content (AvgIpc) is 3.64. The number of hydrogen-bond donors (Lipinski definition) is 2. The number of imide groups is 2. The number of unbranched alkanes of at least 4 members (excludes halogenated alkanes) is 17. The molecule has 2 aliphatic rings. The molecule has 418 valence electrons. The highest BCUT2D eigenvalue weighted by atomic mass is 16.6. The Hall–Kier alpha value is -3.43. The maximum atomic E-state index is 13.2. The SMILES string of the molecule is CCCCCCCCCCCCCCCCCCOCCOCCOCCOCCOCCOCCOCCOCCOCCOCCCCCC(=O)Nc1cccc2c1C(=O)N(C1CCC(=O)NC1=O)C2=O. The monoisotopic (exact) mass is 1040 g/mol. The molecule has 2 aliphatic heterocycles. The normalized spacial score (nSPS) is 14.6. The quantitative estimate of drug-likeness (QED) is 0.0468. The van der Waals surface area contributed by atoms with Crippen molar-refractivity contribution in [1.29, 1.82) is 0 Å². The van der Waals surface area contributed by atoms with E-state index >= 15 is 0 Å². The van der Waals surface area contributed by atoms with Gasteiger partial charge in [-0.25, -0.2) is 0 Å². The molecule has 1 atom stereocenters. The Bertz CT molecular complexity index is 1600. The highest BCUT2D eigenvalue weighted by Gasteiger charge is 2.45. The minimum absolute atomic E-state index is 0.0289. The van der Waals surface area contributed by atoms with Gasteiger partial charge < -0.3 is 52.7 Å². The number of carbonyl (C=O) groups is 5. The van der Waals surface area contributed by atoms with Gasteiger partial charge in [-0.2, -0.15) is 0 Å². The molecule has 18 heteroatoms. The van der Waals surface area contributed by atoms with Crippen LogP contribution in [0.3, 0.4) is 0 Å². The lowest BCUT2D eigenvalue weighted by atomic mass is 10.0. The summed E-state index contributed by atoms with van der Waals surface area (Å²) in [6.45, 7) is 12.6. The van der Waals surface area contributed by atoms with Gasteiger partial charge in [-0.05, 0) is 37.8 Å². The molecular formula is C55H93N3O15. The number of nitrogens with zero attached hydrogens (tertiary/aromatic N) is 1. The second-order valence-electron chi connectivity index (χ2n) is 18.5. The number of rotatable bonds is 52. The molecule has 2 N–H and O–H groups in total. The maximum Gasteiger partial charge on any atom is 0.264 e. The predicted molar refractivity (Wildman–Crippen MR) is 278 cm³/mol. The molecule has 1 aromatic carbocycles. The Morgan fingerprint density at radius 2 is 0.836 bits per heavy atom. The predicted octanol–water partition coefficient (Wildman–Crippen LogP) is 8.01. The number of ether oxygens (including phenoxy) is 10. The van der Waals surface area contributed by atoms with Gasteiger partial charge >= 0.3 is 0 Å². The van der Waals surface area contributed by atoms with E-state index in [9.17, 15) is 24.0 Å². The van der Waals surface area contributed by atoms with Gasteiger partial charge in [0.15, 0.2) is 0 Å². The molecule has 1 aromatic rings. The molecule has 0 aliphatic carbocycles. The standard InChI is InChI=1S/C55H93N3O15/c1-2-3-4-5-6-7-8-9-10-11-12-13-14-15-16-19-27-64-29-31-66-33-35-68-37-39-70-41-43-72-45-46-73-44-42-71-40-38-69-36-34-67-32-30-65-28-20-17-18-24-50(59)56-48-23-21-22-47-52(48)55(63)58(54(47)62)49-25-26-51(60)57-53(49)61/h21-23,49H,2-20,24-46H2,1H3,(H,56,59)(H,57,60,61). The van der Waals surface area contributed by atoms with Gasteiger partial charge in [0.25, 0.3) is 11.8 Å². The van der Waals surface area contributed by atoms with Crippen LogP contribution in [0.2, 0.25) is 0 Å². The van der Waals surface area contributed by atoms with Crippen molar-refractivity contribution in [3.8, 4) is 0 Å². The van der Waals surface area contributed by atoms with Crippen LogP contribution in [0.5, 0.6) is 0 Å². The summed E-state index contributed by atoms with van der Waals surface area (Å²) in [6, 6.07) is 3.54. The molecule has 1 fully saturated rings. The van der Waals surface area contributed by atoms with E-state index in [1.165, 1.54) is 102 Å². The molecule has 5 amide bonds. The highest BCUT2D eigenvalue weighted by Crippen LogP contribution is 2.32. The van der Waals surface area contributed by atoms with Gasteiger partial charge in [-0.1, -0.05) is 116 Å². The third kappa shape index (κ3) is 31.3. The minimum Gasteiger partial charge on any atom is -0.379 e. The maximum absolute atomic E-state index is 13.2. The van der Waals surface area contributed by atoms with E-state index in [4.69, 9.17) is 47.4 Å². The first-order valence-corrected chi connectivity index (χ1v) is 27.9. The number of piperidine rings is 1. The first-order chi connectivity index (χ1) is 35.9. The van der Waals surface area contributed by atoms with Crippen molar-refractivity contribution in [3.63, 3.8) is 0 Å². The van der Waals surface area contributed by atoms with Crippen LogP contribution in [0.25, 0.3) is 0 Å². The first kappa shape index (κ1) is 63.9. The summed E-state index contributed by atoms with van der Waals surface area (Å²) in [5, 5.41) is 4.92. The lowest BCUT2D eigenvalue weighted by molar-refractivity contribution is -0.136. The van der Waals surface area contributed by atoms with Gasteiger partial charge in [0.1, 0.15) is 6.04 Å². The van der Waals surface area contributed by atoms with Crippen LogP contribution in [-0.2, 0) is 61.8 Å². The Morgan fingerprint density at radius 1 is 0.479 bits per heavy atom. The van der Waals surface area contributed by atoms with Gasteiger partial charge in [0.05, 0.1) is 136 Å². The number of nitrogens with one attached hydrogen (secondary N) is 2. The summed E-state index contributed by atoms with van der Waals surface area (Å²) >= 11 is 0. The molecule has 1 unspecified atom stereocenters. The second-order valence-corrected chi connectivity index (χ2v) is 18.5. The van der Waals surface area contributed by atoms with Crippen molar-refractivity contribution >= 4 is 35.2 Å². The number of carbonyl (C=O) groups excluding carboxylic acids is 5. The van der Waals surface area contributed by atoms with E-state index in [0.717, 1.165) is 30.8 Å². The van der Waals surface area contributed by atoms with Crippen LogP contribution in [0.4, 0.5) is 5.69 Å². The number of hydrogen-bond acceptors (Lipinski definition) is 15. The van der Waals surface area contributed by atoms with Crippen LogP contribution in [0.1, 0.15) is 169 Å². The van der Waals surface area contributed by atoms with Gasteiger partial charge in [-0.3, -0.25) is 34.2 Å². The lowest BCUT2D eigenvalue weighted by Gasteiger charge is -2.27. The minimum atomic E-state index is -1.07. The van der Waals surface area contributed by atoms with E-state index in [-0.39, 0.29) is 42.0 Å². The molecule has 0 bridgehead atoms. The lowest BCUT2D eigenvalue weighted by Crippen LogP contribution is -2.54. The molecular weight excluding hydrogens is 943 g/mol. The smallest absolute Gasteiger partial charge is 0.264 e. The third-order valence-electron chi connectivity index (χ3n) is 12.4. The topological polar surface area (TPSA) is 205 Å². The fourth-order valence-corrected chi connectivity index (χ4v) is 8.33. The highest BCUT2D eigenvalue weighted by molar-refractivity contribution is 6.26. The van der Waals surface area contributed by atoms with E-state index < -0.39 is 29.7 Å². The largest absolute Gasteiger partial charge is 0.379 e. The summed E-state index contributed by atoms with van der Waals surface area (Å²) in [7, 11) is 0. The van der Waals surface area contributed by atoms with E-state index in [0.29, 0.717) is 132 Å². The average molecular weight is 1040 g/mol. The van der Waals surface area contributed by atoms with Crippen molar-refractivity contribution in [1.82, 2.24) is 10.2 Å². The molecule has 2 heterocycles. The van der Waals surface area contributed by atoms with Gasteiger partial charge in [0.2, 0.25) is 17.7 Å². The molecule has 1 saturated heterocycles. The van der Waals surface area contributed by atoms with Crippen molar-refractivity contribution < 1.29 is 71.3 Å². The van der Waals surface area contributed by atoms with Crippen molar-refractivity contribution in [2.75, 3.05) is 137 Å². The Labute approximate surface area is 436 Å². The molecule has 18 nitrogen and oxygen atoms in total.